The van der Waals surface area contributed by atoms with Crippen molar-refractivity contribution < 1.29 is 4.79 Å². The van der Waals surface area contributed by atoms with Crippen LogP contribution in [0.4, 0.5) is 17.2 Å². The van der Waals surface area contributed by atoms with Crippen molar-refractivity contribution in [2.45, 2.75) is 26.2 Å². The molecule has 1 aliphatic rings. The lowest BCUT2D eigenvalue weighted by molar-refractivity contribution is 0.102. The third-order valence-electron chi connectivity index (χ3n) is 5.56. The SMILES string of the molecule is Cc1cc(N2CCCCC2)nc2ccc(NC(=O)c3cccc(N(C)C)c3)cc12. The molecule has 5 nitrogen and oxygen atoms in total. The molecule has 2 aromatic carbocycles. The maximum absolute atomic E-state index is 12.7. The fraction of sp³-hybridized carbons (Fsp3) is 0.333. The lowest BCUT2D eigenvalue weighted by Gasteiger charge is -2.28. The van der Waals surface area contributed by atoms with Gasteiger partial charge in [-0.3, -0.25) is 4.79 Å². The maximum atomic E-state index is 12.7. The largest absolute Gasteiger partial charge is 0.378 e. The number of aromatic nitrogens is 1. The molecule has 0 saturated carbocycles. The van der Waals surface area contributed by atoms with Crippen LogP contribution in [0.5, 0.6) is 0 Å². The van der Waals surface area contributed by atoms with Gasteiger partial charge in [-0.15, -0.1) is 0 Å². The van der Waals surface area contributed by atoms with Gasteiger partial charge in [-0.1, -0.05) is 6.07 Å². The Balaban J connectivity index is 1.58. The highest BCUT2D eigenvalue weighted by atomic mass is 16.1. The molecule has 1 saturated heterocycles. The Morgan fingerprint density at radius 3 is 2.59 bits per heavy atom. The summed E-state index contributed by atoms with van der Waals surface area (Å²) >= 11 is 0. The molecule has 29 heavy (non-hydrogen) atoms. The van der Waals surface area contributed by atoms with E-state index >= 15 is 0 Å². The van der Waals surface area contributed by atoms with Crippen molar-refractivity contribution in [3.8, 4) is 0 Å². The normalized spacial score (nSPS) is 14.1. The van der Waals surface area contributed by atoms with E-state index in [0.29, 0.717) is 5.56 Å². The Morgan fingerprint density at radius 1 is 1.03 bits per heavy atom. The van der Waals surface area contributed by atoms with Crippen LogP contribution < -0.4 is 15.1 Å². The number of piperidine rings is 1. The smallest absolute Gasteiger partial charge is 0.255 e. The first-order valence-electron chi connectivity index (χ1n) is 10.3. The molecular formula is C24H28N4O. The number of hydrogen-bond donors (Lipinski definition) is 1. The van der Waals surface area contributed by atoms with Crippen LogP contribution in [0.15, 0.2) is 48.5 Å². The zero-order valence-corrected chi connectivity index (χ0v) is 17.4. The lowest BCUT2D eigenvalue weighted by Crippen LogP contribution is -2.30. The van der Waals surface area contributed by atoms with E-state index in [-0.39, 0.29) is 5.91 Å². The topological polar surface area (TPSA) is 48.5 Å². The summed E-state index contributed by atoms with van der Waals surface area (Å²) in [4.78, 5) is 22.0. The van der Waals surface area contributed by atoms with Crippen LogP contribution in [0.2, 0.25) is 0 Å². The van der Waals surface area contributed by atoms with E-state index in [9.17, 15) is 4.79 Å². The van der Waals surface area contributed by atoms with Crippen LogP contribution in [0.1, 0.15) is 35.2 Å². The van der Waals surface area contributed by atoms with Gasteiger partial charge in [0.1, 0.15) is 5.82 Å². The van der Waals surface area contributed by atoms with E-state index in [4.69, 9.17) is 4.98 Å². The van der Waals surface area contributed by atoms with Gasteiger partial charge >= 0.3 is 0 Å². The summed E-state index contributed by atoms with van der Waals surface area (Å²) in [6.45, 7) is 4.28. The summed E-state index contributed by atoms with van der Waals surface area (Å²) in [7, 11) is 3.93. The van der Waals surface area contributed by atoms with Crippen molar-refractivity contribution in [3.05, 3.63) is 59.7 Å². The Labute approximate surface area is 172 Å². The minimum absolute atomic E-state index is 0.108. The quantitative estimate of drug-likeness (QED) is 0.694. The Kier molecular flexibility index (Phi) is 5.38. The number of benzene rings is 2. The van der Waals surface area contributed by atoms with Crippen LogP contribution in [0.3, 0.4) is 0 Å². The Bertz CT molecular complexity index is 1040. The second kappa shape index (κ2) is 8.11. The first-order chi connectivity index (χ1) is 14.0. The van der Waals surface area contributed by atoms with Gasteiger partial charge in [0.2, 0.25) is 0 Å². The summed E-state index contributed by atoms with van der Waals surface area (Å²) in [6.07, 6.45) is 3.78. The van der Waals surface area contributed by atoms with Crippen molar-refractivity contribution >= 4 is 34.0 Å². The molecule has 1 aliphatic heterocycles. The fourth-order valence-corrected chi connectivity index (χ4v) is 3.87. The highest BCUT2D eigenvalue weighted by Crippen LogP contribution is 2.27. The number of rotatable bonds is 4. The van der Waals surface area contributed by atoms with Crippen molar-refractivity contribution in [2.75, 3.05) is 42.3 Å². The number of anilines is 3. The molecule has 150 valence electrons. The molecule has 3 aromatic rings. The first-order valence-corrected chi connectivity index (χ1v) is 10.3. The van der Waals surface area contributed by atoms with E-state index in [2.05, 4.69) is 23.2 Å². The molecule has 1 fully saturated rings. The molecule has 5 heteroatoms. The van der Waals surface area contributed by atoms with Crippen molar-refractivity contribution in [1.29, 1.82) is 0 Å². The minimum atomic E-state index is -0.108. The van der Waals surface area contributed by atoms with Crippen LogP contribution >= 0.6 is 0 Å². The monoisotopic (exact) mass is 388 g/mol. The number of nitrogens with zero attached hydrogens (tertiary/aromatic N) is 3. The van der Waals surface area contributed by atoms with E-state index < -0.39 is 0 Å². The molecule has 0 spiro atoms. The average Bonchev–Trinajstić information content (AvgIpc) is 2.74. The fourth-order valence-electron chi connectivity index (χ4n) is 3.87. The zero-order chi connectivity index (χ0) is 20.4. The molecule has 1 amide bonds. The number of amides is 1. The molecule has 1 N–H and O–H groups in total. The molecule has 2 heterocycles. The lowest BCUT2D eigenvalue weighted by atomic mass is 10.1. The number of fused-ring (bicyclic) bond motifs is 1. The highest BCUT2D eigenvalue weighted by Gasteiger charge is 2.14. The van der Waals surface area contributed by atoms with Crippen LogP contribution in [0.25, 0.3) is 10.9 Å². The van der Waals surface area contributed by atoms with Gasteiger partial charge in [0.25, 0.3) is 5.91 Å². The van der Waals surface area contributed by atoms with Gasteiger partial charge < -0.3 is 15.1 Å². The highest BCUT2D eigenvalue weighted by molar-refractivity contribution is 6.05. The molecule has 0 atom stereocenters. The minimum Gasteiger partial charge on any atom is -0.378 e. The predicted octanol–water partition coefficient (Wildman–Crippen LogP) is 4.85. The summed E-state index contributed by atoms with van der Waals surface area (Å²) in [5.41, 5.74) is 4.58. The number of aryl methyl sites for hydroxylation is 1. The summed E-state index contributed by atoms with van der Waals surface area (Å²) < 4.78 is 0. The molecule has 4 rings (SSSR count). The van der Waals surface area contributed by atoms with Crippen molar-refractivity contribution in [2.24, 2.45) is 0 Å². The van der Waals surface area contributed by atoms with Gasteiger partial charge in [0, 0.05) is 49.5 Å². The third-order valence-corrected chi connectivity index (χ3v) is 5.56. The zero-order valence-electron chi connectivity index (χ0n) is 17.4. The van der Waals surface area contributed by atoms with E-state index in [1.54, 1.807) is 0 Å². The number of carbonyl (C=O) groups is 1. The standard InChI is InChI=1S/C24H28N4O/c1-17-14-23(28-12-5-4-6-13-28)26-22-11-10-19(16-21(17)22)25-24(29)18-8-7-9-20(15-18)27(2)3/h7-11,14-16H,4-6,12-13H2,1-3H3,(H,25,29). The molecule has 0 bridgehead atoms. The van der Waals surface area contributed by atoms with Crippen LogP contribution in [-0.2, 0) is 0 Å². The molecule has 0 unspecified atom stereocenters. The van der Waals surface area contributed by atoms with Crippen molar-refractivity contribution in [1.82, 2.24) is 4.98 Å². The maximum Gasteiger partial charge on any atom is 0.255 e. The van der Waals surface area contributed by atoms with E-state index in [1.807, 2.05) is 61.5 Å². The van der Waals surface area contributed by atoms with Crippen LogP contribution in [0, 0.1) is 6.92 Å². The average molecular weight is 389 g/mol. The number of nitrogens with one attached hydrogen (secondary N) is 1. The van der Waals surface area contributed by atoms with E-state index in [0.717, 1.165) is 41.2 Å². The summed E-state index contributed by atoms with van der Waals surface area (Å²) in [5.74, 6) is 0.954. The van der Waals surface area contributed by atoms with Crippen LogP contribution in [-0.4, -0.2) is 38.1 Å². The third kappa shape index (κ3) is 4.19. The summed E-state index contributed by atoms with van der Waals surface area (Å²) in [6, 6.07) is 15.7. The Morgan fingerprint density at radius 2 is 1.83 bits per heavy atom. The van der Waals surface area contributed by atoms with Gasteiger partial charge in [-0.05, 0) is 74.2 Å². The summed E-state index contributed by atoms with van der Waals surface area (Å²) in [5, 5.41) is 4.10. The molecule has 1 aromatic heterocycles. The van der Waals surface area contributed by atoms with Crippen molar-refractivity contribution in [3.63, 3.8) is 0 Å². The van der Waals surface area contributed by atoms with Gasteiger partial charge in [0.05, 0.1) is 5.52 Å². The molecule has 0 radical (unpaired) electrons. The van der Waals surface area contributed by atoms with Gasteiger partial charge in [0.15, 0.2) is 0 Å². The predicted molar refractivity (Wildman–Crippen MR) is 121 cm³/mol. The second-order valence-electron chi connectivity index (χ2n) is 7.98. The van der Waals surface area contributed by atoms with Gasteiger partial charge in [-0.25, -0.2) is 4.98 Å². The van der Waals surface area contributed by atoms with E-state index in [1.165, 1.54) is 24.8 Å². The number of carbonyl (C=O) groups excluding carboxylic acids is 1. The number of pyridine rings is 1. The van der Waals surface area contributed by atoms with Gasteiger partial charge in [-0.2, -0.15) is 0 Å². The Hall–Kier alpha value is -3.08. The second-order valence-corrected chi connectivity index (χ2v) is 7.98. The molecule has 0 aliphatic carbocycles. The first kappa shape index (κ1) is 19.2. The molecular weight excluding hydrogens is 360 g/mol. The number of hydrogen-bond acceptors (Lipinski definition) is 4.